The smallest absolute Gasteiger partial charge is 0.331 e. The van der Waals surface area contributed by atoms with Crippen molar-refractivity contribution in [3.8, 4) is 33.8 Å². The molecule has 280 valence electrons. The van der Waals surface area contributed by atoms with Crippen molar-refractivity contribution in [3.63, 3.8) is 0 Å². The number of carbonyl (C=O) groups is 1. The van der Waals surface area contributed by atoms with Gasteiger partial charge in [-0.3, -0.25) is 9.97 Å². The summed E-state index contributed by atoms with van der Waals surface area (Å²) in [6, 6.07) is 26.6. The van der Waals surface area contributed by atoms with Crippen molar-refractivity contribution in [2.24, 2.45) is 0 Å². The summed E-state index contributed by atoms with van der Waals surface area (Å²) in [5.41, 5.74) is 2.96. The number of esters is 1. The van der Waals surface area contributed by atoms with Crippen molar-refractivity contribution in [3.05, 3.63) is 174 Å². The SMILES string of the molecule is Cc1ccnc(-c2[c-]cc(F)nc2F)c1.Fc1c[c-]c(-c2ccccn2)c(F)n1.O=C1O[C@]2(c3cc(F)nc(F)c3-c3cccc[n+]32)[n+]2ccccc21.[Ir].[Ir]. The van der Waals surface area contributed by atoms with Crippen LogP contribution in [0.25, 0.3) is 33.8 Å². The van der Waals surface area contributed by atoms with E-state index in [0.717, 1.165) is 23.8 Å². The van der Waals surface area contributed by atoms with E-state index in [1.165, 1.54) is 6.20 Å². The molecule has 1 spiro atoms. The molecule has 0 amide bonds. The average Bonchev–Trinajstić information content (AvgIpc) is 3.60. The van der Waals surface area contributed by atoms with E-state index in [-0.39, 0.29) is 62.5 Å². The zero-order chi connectivity index (χ0) is 37.3. The number of aryl methyl sites for hydroxylation is 1. The second-order valence-corrected chi connectivity index (χ2v) is 11.3. The number of fused-ring (bicyclic) bond motifs is 7. The number of hydrogen-bond acceptors (Lipinski definition) is 7. The van der Waals surface area contributed by atoms with Gasteiger partial charge >= 0.3 is 17.5 Å². The summed E-state index contributed by atoms with van der Waals surface area (Å²) in [6.45, 7) is 1.86. The van der Waals surface area contributed by atoms with E-state index in [1.54, 1.807) is 94.5 Å². The first-order valence-electron chi connectivity index (χ1n) is 15.5. The van der Waals surface area contributed by atoms with E-state index in [9.17, 15) is 31.1 Å². The molecule has 0 aromatic carbocycles. The fourth-order valence-corrected chi connectivity index (χ4v) is 5.77. The van der Waals surface area contributed by atoms with Gasteiger partial charge < -0.3 is 14.7 Å². The predicted octanol–water partition coefficient (Wildman–Crippen LogP) is 6.04. The first kappa shape index (κ1) is 40.6. The minimum absolute atomic E-state index is 0. The molecule has 0 bridgehead atoms. The topological polar surface area (TPSA) is 98.5 Å². The van der Waals surface area contributed by atoms with Crippen molar-refractivity contribution in [1.82, 2.24) is 24.9 Å². The molecule has 0 N–H and O–H groups in total. The zero-order valence-electron chi connectivity index (χ0n) is 27.8. The van der Waals surface area contributed by atoms with Crippen LogP contribution in [0.5, 0.6) is 0 Å². The first-order chi connectivity index (χ1) is 25.6. The molecule has 17 heteroatoms. The summed E-state index contributed by atoms with van der Waals surface area (Å²) in [4.78, 5) is 29.6. The summed E-state index contributed by atoms with van der Waals surface area (Å²) >= 11 is 0. The Kier molecular flexibility index (Phi) is 12.4. The zero-order valence-corrected chi connectivity index (χ0v) is 32.6. The van der Waals surface area contributed by atoms with Gasteiger partial charge in [0.05, 0.1) is 0 Å². The maximum atomic E-state index is 14.4. The Hall–Kier alpha value is -5.60. The van der Waals surface area contributed by atoms with Gasteiger partial charge in [0.1, 0.15) is 29.4 Å². The van der Waals surface area contributed by atoms with Gasteiger partial charge in [0.15, 0.2) is 18.0 Å². The van der Waals surface area contributed by atoms with Gasteiger partial charge in [-0.25, -0.2) is 22.4 Å². The third-order valence-corrected chi connectivity index (χ3v) is 7.95. The molecule has 9 heterocycles. The fourth-order valence-electron chi connectivity index (χ4n) is 5.77. The Labute approximate surface area is 335 Å². The Morgan fingerprint density at radius 1 is 0.636 bits per heavy atom. The van der Waals surface area contributed by atoms with Crippen LogP contribution in [-0.2, 0) is 50.8 Å². The summed E-state index contributed by atoms with van der Waals surface area (Å²) in [7, 11) is 0. The van der Waals surface area contributed by atoms with Gasteiger partial charge in [-0.1, -0.05) is 56.2 Å². The van der Waals surface area contributed by atoms with Crippen LogP contribution in [0, 0.1) is 54.7 Å². The standard InChI is InChI=1S/C17H9F2N3O2.C11H7F2N2.C10H5F2N2.2Ir/c18-13-9-10-14(15(19)20-13)11-5-1-3-7-21(11)17(10)22-8-4-2-6-12(22)16(23)24-17;1-7-4-5-14-9(6-7)8-2-3-10(12)15-11(8)13;11-9-5-4-7(10(12)14-9)8-3-1-2-6-13-8;;/h1-9H;3-6H,1H3;1-3,5-6H;;/q+2;2*-1;;/t17-;;;;/m0..../s1. The number of hydrogen-bond donors (Lipinski definition) is 0. The molecule has 0 fully saturated rings. The number of pyridine rings is 7. The molecule has 9 nitrogen and oxygen atoms in total. The summed E-state index contributed by atoms with van der Waals surface area (Å²) < 4.78 is 88.5. The molecular weight excluding hydrogens is 1080 g/mol. The minimum atomic E-state index is -1.50. The number of rotatable bonds is 2. The van der Waals surface area contributed by atoms with Crippen LogP contribution in [0.2, 0.25) is 0 Å². The normalized spacial score (nSPS) is 14.1. The molecule has 0 aliphatic carbocycles. The molecule has 9 rings (SSSR count). The van der Waals surface area contributed by atoms with Crippen LogP contribution in [0.3, 0.4) is 0 Å². The van der Waals surface area contributed by atoms with Gasteiger partial charge in [0, 0.05) is 82.9 Å². The summed E-state index contributed by atoms with van der Waals surface area (Å²) in [6.07, 6.45) is 6.39. The van der Waals surface area contributed by atoms with E-state index in [4.69, 9.17) is 4.74 Å². The second-order valence-electron chi connectivity index (χ2n) is 11.3. The third-order valence-electron chi connectivity index (χ3n) is 7.95. The van der Waals surface area contributed by atoms with Crippen LogP contribution in [-0.4, -0.2) is 30.9 Å². The van der Waals surface area contributed by atoms with Crippen LogP contribution in [0.15, 0.2) is 110 Å². The quantitative estimate of drug-likeness (QED) is 0.0686. The number of ether oxygens (including phenoxy) is 1. The molecule has 2 aliphatic heterocycles. The van der Waals surface area contributed by atoms with Crippen LogP contribution >= 0.6 is 0 Å². The molecule has 0 unspecified atom stereocenters. The summed E-state index contributed by atoms with van der Waals surface area (Å²) in [5, 5.41) is 0. The number of carbonyl (C=O) groups excluding carboxylic acids is 1. The average molecular weight is 1110 g/mol. The van der Waals surface area contributed by atoms with Gasteiger partial charge in [0.2, 0.25) is 17.6 Å². The van der Waals surface area contributed by atoms with Crippen LogP contribution < -0.4 is 9.13 Å². The van der Waals surface area contributed by atoms with E-state index in [2.05, 4.69) is 37.1 Å². The van der Waals surface area contributed by atoms with Crippen LogP contribution in [0.4, 0.5) is 26.3 Å². The summed E-state index contributed by atoms with van der Waals surface area (Å²) in [5.74, 6) is -7.54. The Morgan fingerprint density at radius 2 is 1.20 bits per heavy atom. The molecule has 7 aromatic rings. The van der Waals surface area contributed by atoms with Crippen LogP contribution in [0.1, 0.15) is 21.6 Å². The maximum absolute atomic E-state index is 14.4. The fraction of sp³-hybridized carbons (Fsp3) is 0.0526. The largest absolute Gasteiger partial charge is 0.558 e. The molecule has 0 saturated heterocycles. The van der Waals surface area contributed by atoms with Crippen molar-refractivity contribution >= 4 is 5.97 Å². The Balaban J connectivity index is 0.000000164. The Bertz CT molecular complexity index is 2540. The van der Waals surface area contributed by atoms with Crippen molar-refractivity contribution < 1.29 is 85.2 Å². The number of nitrogens with zero attached hydrogens (tertiary/aromatic N) is 7. The predicted molar refractivity (Wildman–Crippen MR) is 171 cm³/mol. The van der Waals surface area contributed by atoms with Gasteiger partial charge in [-0.05, 0) is 42.6 Å². The first-order valence-corrected chi connectivity index (χ1v) is 15.5. The maximum Gasteiger partial charge on any atom is 0.558 e. The van der Waals surface area contributed by atoms with E-state index in [1.807, 2.05) is 6.92 Å². The molecule has 2 aliphatic rings. The van der Waals surface area contributed by atoms with Crippen molar-refractivity contribution in [1.29, 1.82) is 0 Å². The third kappa shape index (κ3) is 7.82. The minimum Gasteiger partial charge on any atom is -0.331 e. The van der Waals surface area contributed by atoms with E-state index in [0.29, 0.717) is 22.8 Å². The van der Waals surface area contributed by atoms with Crippen molar-refractivity contribution in [2.75, 3.05) is 0 Å². The number of halogens is 6. The van der Waals surface area contributed by atoms with E-state index >= 15 is 0 Å². The van der Waals surface area contributed by atoms with E-state index < -0.39 is 47.5 Å². The molecular formula is C38H21F6Ir2N7O2. The molecule has 1 atom stereocenters. The second kappa shape index (κ2) is 16.8. The van der Waals surface area contributed by atoms with Gasteiger partial charge in [-0.2, -0.15) is 13.8 Å². The van der Waals surface area contributed by atoms with Gasteiger partial charge in [0.25, 0.3) is 0 Å². The van der Waals surface area contributed by atoms with Gasteiger partial charge in [-0.15, -0.1) is 12.1 Å². The molecule has 55 heavy (non-hydrogen) atoms. The monoisotopic (exact) mass is 1110 g/mol. The molecule has 0 saturated carbocycles. The Morgan fingerprint density at radius 3 is 1.80 bits per heavy atom. The molecule has 7 aromatic heterocycles. The number of aromatic nitrogens is 7. The molecule has 2 radical (unpaired) electrons. The van der Waals surface area contributed by atoms with Crippen molar-refractivity contribution in [2.45, 2.75) is 12.8 Å².